The van der Waals surface area contributed by atoms with E-state index in [2.05, 4.69) is 46.7 Å². The molecule has 5 aromatic rings. The van der Waals surface area contributed by atoms with Crippen LogP contribution in [0.5, 0.6) is 5.75 Å². The standard InChI is InChI=1S/C26H16Br2N4O7/c1-37-23(33)13-38-24-15(9-17(28)11-20(24)32(35)36)12-29-31-25(30-19-5-3-2-4-18(19)26(31)34)22-10-14-8-16(27)6-7-21(14)39-22/h2-12H,13H2,1H3. The number of esters is 1. The lowest BCUT2D eigenvalue weighted by atomic mass is 10.2. The molecule has 0 aliphatic rings. The Labute approximate surface area is 236 Å². The zero-order valence-electron chi connectivity index (χ0n) is 20.0. The largest absolute Gasteiger partial charge is 0.474 e. The van der Waals surface area contributed by atoms with E-state index in [1.54, 1.807) is 36.4 Å². The molecule has 11 nitrogen and oxygen atoms in total. The average molecular weight is 656 g/mol. The van der Waals surface area contributed by atoms with Gasteiger partial charge in [0.15, 0.2) is 12.4 Å². The van der Waals surface area contributed by atoms with E-state index in [0.717, 1.165) is 14.5 Å². The first-order valence-corrected chi connectivity index (χ1v) is 12.8. The van der Waals surface area contributed by atoms with E-state index in [1.807, 2.05) is 12.1 Å². The zero-order chi connectivity index (χ0) is 27.7. The molecule has 3 aromatic carbocycles. The van der Waals surface area contributed by atoms with E-state index in [1.165, 1.54) is 25.5 Å². The molecule has 0 N–H and O–H groups in total. The molecular formula is C26H16Br2N4O7. The molecule has 0 saturated carbocycles. The topological polar surface area (TPSA) is 139 Å². The number of ether oxygens (including phenoxy) is 2. The van der Waals surface area contributed by atoms with Gasteiger partial charge in [0.25, 0.3) is 5.56 Å². The van der Waals surface area contributed by atoms with Gasteiger partial charge in [0.05, 0.1) is 29.2 Å². The number of para-hydroxylation sites is 1. The van der Waals surface area contributed by atoms with Gasteiger partial charge in [-0.3, -0.25) is 14.9 Å². The van der Waals surface area contributed by atoms with Crippen molar-refractivity contribution in [2.75, 3.05) is 13.7 Å². The van der Waals surface area contributed by atoms with Crippen LogP contribution in [0.3, 0.4) is 0 Å². The van der Waals surface area contributed by atoms with Crippen LogP contribution in [-0.4, -0.2) is 40.5 Å². The summed E-state index contributed by atoms with van der Waals surface area (Å²) >= 11 is 6.68. The third kappa shape index (κ3) is 5.31. The summed E-state index contributed by atoms with van der Waals surface area (Å²) in [6.45, 7) is -0.572. The van der Waals surface area contributed by atoms with E-state index in [4.69, 9.17) is 9.15 Å². The molecule has 0 spiro atoms. The number of fused-ring (bicyclic) bond motifs is 2. The lowest BCUT2D eigenvalue weighted by molar-refractivity contribution is -0.385. The number of benzene rings is 3. The molecular weight excluding hydrogens is 640 g/mol. The molecule has 0 amide bonds. The maximum absolute atomic E-state index is 13.5. The second kappa shape index (κ2) is 10.8. The molecule has 0 radical (unpaired) electrons. The van der Waals surface area contributed by atoms with E-state index in [-0.39, 0.29) is 22.9 Å². The number of nitrogens with zero attached hydrogens (tertiary/aromatic N) is 4. The summed E-state index contributed by atoms with van der Waals surface area (Å²) in [6.07, 6.45) is 1.21. The number of rotatable bonds is 7. The van der Waals surface area contributed by atoms with Crippen molar-refractivity contribution >= 4 is 71.6 Å². The molecule has 0 saturated heterocycles. The maximum atomic E-state index is 13.5. The van der Waals surface area contributed by atoms with E-state index in [9.17, 15) is 19.7 Å². The second-order valence-electron chi connectivity index (χ2n) is 8.07. The molecule has 2 heterocycles. The molecule has 0 aliphatic heterocycles. The molecule has 13 heteroatoms. The zero-order valence-corrected chi connectivity index (χ0v) is 23.1. The van der Waals surface area contributed by atoms with Crippen LogP contribution in [0.4, 0.5) is 5.69 Å². The van der Waals surface area contributed by atoms with Gasteiger partial charge in [-0.15, -0.1) is 0 Å². The number of carbonyl (C=O) groups is 1. The van der Waals surface area contributed by atoms with Crippen molar-refractivity contribution < 1.29 is 23.6 Å². The lowest BCUT2D eigenvalue weighted by Crippen LogP contribution is -2.20. The highest BCUT2D eigenvalue weighted by Gasteiger charge is 2.22. The number of hydrogen-bond acceptors (Lipinski definition) is 9. The lowest BCUT2D eigenvalue weighted by Gasteiger charge is -2.10. The minimum atomic E-state index is -0.733. The van der Waals surface area contributed by atoms with Gasteiger partial charge >= 0.3 is 11.7 Å². The highest BCUT2D eigenvalue weighted by molar-refractivity contribution is 9.10. The fourth-order valence-electron chi connectivity index (χ4n) is 3.81. The fourth-order valence-corrected chi connectivity index (χ4v) is 4.66. The maximum Gasteiger partial charge on any atom is 0.343 e. The number of halogens is 2. The minimum Gasteiger partial charge on any atom is -0.474 e. The van der Waals surface area contributed by atoms with E-state index in [0.29, 0.717) is 21.0 Å². The smallest absolute Gasteiger partial charge is 0.343 e. The van der Waals surface area contributed by atoms with Crippen molar-refractivity contribution in [3.63, 3.8) is 0 Å². The van der Waals surface area contributed by atoms with E-state index >= 15 is 0 Å². The van der Waals surface area contributed by atoms with Gasteiger partial charge in [0, 0.05) is 26.0 Å². The third-order valence-electron chi connectivity index (χ3n) is 5.59. The third-order valence-corrected chi connectivity index (χ3v) is 6.54. The summed E-state index contributed by atoms with van der Waals surface area (Å²) in [5.74, 6) is -0.563. The van der Waals surface area contributed by atoms with Gasteiger partial charge in [-0.2, -0.15) is 9.78 Å². The van der Waals surface area contributed by atoms with Crippen LogP contribution in [-0.2, 0) is 9.53 Å². The number of methoxy groups -OCH3 is 1. The predicted octanol–water partition coefficient (Wildman–Crippen LogP) is 5.68. The fraction of sp³-hybridized carbons (Fsp3) is 0.0769. The van der Waals surface area contributed by atoms with Crippen LogP contribution in [0.15, 0.2) is 83.9 Å². The minimum absolute atomic E-state index is 0.115. The Kier molecular flexibility index (Phi) is 7.26. The van der Waals surface area contributed by atoms with Crippen molar-refractivity contribution in [1.82, 2.24) is 9.66 Å². The first-order valence-electron chi connectivity index (χ1n) is 11.2. The summed E-state index contributed by atoms with van der Waals surface area (Å²) in [6, 6.07) is 16.7. The van der Waals surface area contributed by atoms with Crippen LogP contribution in [0.1, 0.15) is 5.56 Å². The van der Waals surface area contributed by atoms with Crippen LogP contribution >= 0.6 is 31.9 Å². The highest BCUT2D eigenvalue weighted by atomic mass is 79.9. The van der Waals surface area contributed by atoms with Crippen LogP contribution < -0.4 is 10.3 Å². The van der Waals surface area contributed by atoms with Crippen molar-refractivity contribution in [2.24, 2.45) is 5.10 Å². The van der Waals surface area contributed by atoms with Crippen LogP contribution in [0.25, 0.3) is 33.5 Å². The molecule has 39 heavy (non-hydrogen) atoms. The summed E-state index contributed by atoms with van der Waals surface area (Å²) in [4.78, 5) is 40.9. The van der Waals surface area contributed by atoms with Crippen molar-refractivity contribution in [2.45, 2.75) is 0 Å². The molecule has 0 fully saturated rings. The summed E-state index contributed by atoms with van der Waals surface area (Å²) in [5, 5.41) is 17.2. The van der Waals surface area contributed by atoms with E-state index < -0.39 is 28.7 Å². The Morgan fingerprint density at radius 3 is 2.72 bits per heavy atom. The Bertz CT molecular complexity index is 1860. The van der Waals surface area contributed by atoms with Gasteiger partial charge in [-0.05, 0) is 42.5 Å². The van der Waals surface area contributed by atoms with Crippen molar-refractivity contribution in [1.29, 1.82) is 0 Å². The summed E-state index contributed by atoms with van der Waals surface area (Å²) < 4.78 is 18.2. The molecule has 0 atom stereocenters. The van der Waals surface area contributed by atoms with Gasteiger partial charge < -0.3 is 13.9 Å². The molecule has 5 rings (SSSR count). The molecule has 0 aliphatic carbocycles. The Hall–Kier alpha value is -4.36. The first kappa shape index (κ1) is 26.3. The first-order chi connectivity index (χ1) is 18.7. The monoisotopic (exact) mass is 654 g/mol. The summed E-state index contributed by atoms with van der Waals surface area (Å²) in [5.41, 5.74) is 0.231. The Balaban J connectivity index is 1.70. The quantitative estimate of drug-likeness (QED) is 0.0945. The number of hydrogen-bond donors (Lipinski definition) is 0. The summed E-state index contributed by atoms with van der Waals surface area (Å²) in [7, 11) is 1.17. The number of nitro benzene ring substituents is 1. The Morgan fingerprint density at radius 1 is 1.15 bits per heavy atom. The number of carbonyl (C=O) groups excluding carboxylic acids is 1. The average Bonchev–Trinajstić information content (AvgIpc) is 3.34. The van der Waals surface area contributed by atoms with Gasteiger partial charge in [-0.25, -0.2) is 9.78 Å². The number of nitro groups is 1. The second-order valence-corrected chi connectivity index (χ2v) is 9.90. The van der Waals surface area contributed by atoms with Crippen molar-refractivity contribution in [3.8, 4) is 17.3 Å². The van der Waals surface area contributed by atoms with Gasteiger partial charge in [0.1, 0.15) is 5.58 Å². The van der Waals surface area contributed by atoms with Gasteiger partial charge in [-0.1, -0.05) is 44.0 Å². The van der Waals surface area contributed by atoms with Crippen LogP contribution in [0.2, 0.25) is 0 Å². The Morgan fingerprint density at radius 2 is 1.95 bits per heavy atom. The van der Waals surface area contributed by atoms with Crippen LogP contribution in [0, 0.1) is 10.1 Å². The molecule has 0 bridgehead atoms. The van der Waals surface area contributed by atoms with Gasteiger partial charge in [0.2, 0.25) is 11.6 Å². The highest BCUT2D eigenvalue weighted by Crippen LogP contribution is 2.34. The number of furan rings is 1. The number of aromatic nitrogens is 2. The predicted molar refractivity (Wildman–Crippen MR) is 150 cm³/mol. The van der Waals surface area contributed by atoms with Crippen molar-refractivity contribution in [3.05, 3.63) is 95.6 Å². The normalized spacial score (nSPS) is 11.4. The molecule has 0 unspecified atom stereocenters. The SMILES string of the molecule is COC(=O)COc1c(C=Nn2c(-c3cc4cc(Br)ccc4o3)nc3ccccc3c2=O)cc(Br)cc1[N+](=O)[O-]. The molecule has 2 aromatic heterocycles. The molecule has 196 valence electrons.